The highest BCUT2D eigenvalue weighted by Gasteiger charge is 2.23. The van der Waals surface area contributed by atoms with Gasteiger partial charge in [0.25, 0.3) is 0 Å². The maximum Gasteiger partial charge on any atom is 0.241 e. The van der Waals surface area contributed by atoms with Gasteiger partial charge in [0.05, 0.1) is 6.04 Å². The Bertz CT molecular complexity index is 457. The molecule has 1 aliphatic rings. The van der Waals surface area contributed by atoms with Gasteiger partial charge < -0.3 is 16.0 Å². The normalized spacial score (nSPS) is 15.4. The first-order chi connectivity index (χ1) is 9.65. The van der Waals surface area contributed by atoms with E-state index in [4.69, 9.17) is 0 Å². The fourth-order valence-corrected chi connectivity index (χ4v) is 1.79. The van der Waals surface area contributed by atoms with Gasteiger partial charge in [-0.1, -0.05) is 18.2 Å². The number of anilines is 1. The van der Waals surface area contributed by atoms with Crippen molar-refractivity contribution in [2.45, 2.75) is 38.3 Å². The fraction of sp³-hybridized carbons (Fsp3) is 0.467. The van der Waals surface area contributed by atoms with Crippen molar-refractivity contribution in [3.8, 4) is 0 Å². The van der Waals surface area contributed by atoms with Crippen LogP contribution in [0.4, 0.5) is 5.69 Å². The maximum atomic E-state index is 11.9. The SMILES string of the molecule is CC(NCCC(=O)NC1CC1)C(=O)Nc1ccccc1. The summed E-state index contributed by atoms with van der Waals surface area (Å²) in [6.07, 6.45) is 2.59. The first-order valence-corrected chi connectivity index (χ1v) is 7.04. The van der Waals surface area contributed by atoms with Crippen molar-refractivity contribution >= 4 is 17.5 Å². The number of carbonyl (C=O) groups excluding carboxylic acids is 2. The van der Waals surface area contributed by atoms with E-state index in [0.717, 1.165) is 18.5 Å². The van der Waals surface area contributed by atoms with Crippen molar-refractivity contribution in [1.29, 1.82) is 0 Å². The van der Waals surface area contributed by atoms with Gasteiger partial charge in [0.1, 0.15) is 0 Å². The second-order valence-electron chi connectivity index (χ2n) is 5.12. The molecule has 5 nitrogen and oxygen atoms in total. The molecular formula is C15H21N3O2. The third-order valence-corrected chi connectivity index (χ3v) is 3.18. The van der Waals surface area contributed by atoms with Crippen LogP contribution in [0.2, 0.25) is 0 Å². The zero-order valence-corrected chi connectivity index (χ0v) is 11.7. The van der Waals surface area contributed by atoms with Crippen molar-refractivity contribution in [2.24, 2.45) is 0 Å². The molecular weight excluding hydrogens is 254 g/mol. The molecule has 0 bridgehead atoms. The number of amides is 2. The van der Waals surface area contributed by atoms with E-state index < -0.39 is 0 Å². The molecule has 108 valence electrons. The molecule has 20 heavy (non-hydrogen) atoms. The van der Waals surface area contributed by atoms with Gasteiger partial charge in [-0.2, -0.15) is 0 Å². The lowest BCUT2D eigenvalue weighted by molar-refractivity contribution is -0.122. The average Bonchev–Trinajstić information content (AvgIpc) is 3.23. The van der Waals surface area contributed by atoms with Gasteiger partial charge in [0, 0.05) is 24.7 Å². The zero-order valence-electron chi connectivity index (χ0n) is 11.7. The molecule has 3 N–H and O–H groups in total. The molecule has 1 aromatic carbocycles. The predicted octanol–water partition coefficient (Wildman–Crippen LogP) is 1.27. The van der Waals surface area contributed by atoms with E-state index in [9.17, 15) is 9.59 Å². The van der Waals surface area contributed by atoms with Crippen LogP contribution in [-0.4, -0.2) is 30.4 Å². The van der Waals surface area contributed by atoms with Crippen LogP contribution in [0, 0.1) is 0 Å². The predicted molar refractivity (Wildman–Crippen MR) is 78.3 cm³/mol. The largest absolute Gasteiger partial charge is 0.353 e. The lowest BCUT2D eigenvalue weighted by Crippen LogP contribution is -2.40. The molecule has 0 aliphatic heterocycles. The quantitative estimate of drug-likeness (QED) is 0.702. The van der Waals surface area contributed by atoms with E-state index in [0.29, 0.717) is 19.0 Å². The van der Waals surface area contributed by atoms with Gasteiger partial charge in [0.15, 0.2) is 0 Å². The Morgan fingerprint density at radius 2 is 1.95 bits per heavy atom. The van der Waals surface area contributed by atoms with Crippen LogP contribution in [0.25, 0.3) is 0 Å². The molecule has 1 aliphatic carbocycles. The minimum Gasteiger partial charge on any atom is -0.353 e. The summed E-state index contributed by atoms with van der Waals surface area (Å²) in [5.41, 5.74) is 0.776. The van der Waals surface area contributed by atoms with Crippen LogP contribution in [0.5, 0.6) is 0 Å². The molecule has 5 heteroatoms. The molecule has 0 spiro atoms. The third kappa shape index (κ3) is 5.01. The topological polar surface area (TPSA) is 70.2 Å². The summed E-state index contributed by atoms with van der Waals surface area (Å²) >= 11 is 0. The number of para-hydroxylation sites is 1. The highest BCUT2D eigenvalue weighted by molar-refractivity contribution is 5.94. The van der Waals surface area contributed by atoms with Gasteiger partial charge in [-0.3, -0.25) is 9.59 Å². The van der Waals surface area contributed by atoms with Crippen molar-refractivity contribution in [3.63, 3.8) is 0 Å². The summed E-state index contributed by atoms with van der Waals surface area (Å²) in [5.74, 6) is -0.0468. The number of benzene rings is 1. The fourth-order valence-electron chi connectivity index (χ4n) is 1.79. The van der Waals surface area contributed by atoms with Crippen LogP contribution in [-0.2, 0) is 9.59 Å². The molecule has 1 atom stereocenters. The molecule has 1 saturated carbocycles. The molecule has 0 heterocycles. The molecule has 1 unspecified atom stereocenters. The molecule has 1 fully saturated rings. The molecule has 0 saturated heterocycles. The van der Waals surface area contributed by atoms with Crippen LogP contribution in [0.15, 0.2) is 30.3 Å². The van der Waals surface area contributed by atoms with Gasteiger partial charge in [-0.25, -0.2) is 0 Å². The number of hydrogen-bond donors (Lipinski definition) is 3. The second kappa shape index (κ2) is 7.05. The van der Waals surface area contributed by atoms with Gasteiger partial charge in [-0.15, -0.1) is 0 Å². The van der Waals surface area contributed by atoms with Crippen LogP contribution in [0.3, 0.4) is 0 Å². The first-order valence-electron chi connectivity index (χ1n) is 7.04. The standard InChI is InChI=1S/C15H21N3O2/c1-11(15(20)18-12-5-3-2-4-6-12)16-10-9-14(19)17-13-7-8-13/h2-6,11,13,16H,7-10H2,1H3,(H,17,19)(H,18,20). The highest BCUT2D eigenvalue weighted by atomic mass is 16.2. The molecule has 1 aromatic rings. The molecule has 2 rings (SSSR count). The van der Waals surface area contributed by atoms with E-state index in [2.05, 4.69) is 16.0 Å². The van der Waals surface area contributed by atoms with Crippen molar-refractivity contribution < 1.29 is 9.59 Å². The second-order valence-corrected chi connectivity index (χ2v) is 5.12. The van der Waals surface area contributed by atoms with Crippen molar-refractivity contribution in [3.05, 3.63) is 30.3 Å². The average molecular weight is 275 g/mol. The summed E-state index contributed by atoms with van der Waals surface area (Å²) < 4.78 is 0. The van der Waals surface area contributed by atoms with Crippen LogP contribution >= 0.6 is 0 Å². The Morgan fingerprint density at radius 1 is 1.25 bits per heavy atom. The monoisotopic (exact) mass is 275 g/mol. The number of carbonyl (C=O) groups is 2. The van der Waals surface area contributed by atoms with Gasteiger partial charge in [0.2, 0.25) is 11.8 Å². The van der Waals surface area contributed by atoms with E-state index in [1.165, 1.54) is 0 Å². The lowest BCUT2D eigenvalue weighted by atomic mass is 10.2. The number of nitrogens with one attached hydrogen (secondary N) is 3. The Balaban J connectivity index is 1.64. The van der Waals surface area contributed by atoms with Crippen molar-refractivity contribution in [1.82, 2.24) is 10.6 Å². The zero-order chi connectivity index (χ0) is 14.4. The maximum absolute atomic E-state index is 11.9. The van der Waals surface area contributed by atoms with Crippen molar-refractivity contribution in [2.75, 3.05) is 11.9 Å². The Kier molecular flexibility index (Phi) is 5.12. The van der Waals surface area contributed by atoms with E-state index in [1.807, 2.05) is 30.3 Å². The van der Waals surface area contributed by atoms with Gasteiger partial charge >= 0.3 is 0 Å². The molecule has 0 aromatic heterocycles. The summed E-state index contributed by atoms with van der Waals surface area (Å²) in [4.78, 5) is 23.4. The third-order valence-electron chi connectivity index (χ3n) is 3.18. The van der Waals surface area contributed by atoms with Crippen LogP contribution < -0.4 is 16.0 Å². The molecule has 2 amide bonds. The van der Waals surface area contributed by atoms with Gasteiger partial charge in [-0.05, 0) is 31.9 Å². The minimum atomic E-state index is -0.330. The Hall–Kier alpha value is -1.88. The molecule has 0 radical (unpaired) electrons. The minimum absolute atomic E-state index is 0.0515. The Labute approximate surface area is 119 Å². The summed E-state index contributed by atoms with van der Waals surface area (Å²) in [5, 5.41) is 8.79. The van der Waals surface area contributed by atoms with Crippen LogP contribution in [0.1, 0.15) is 26.2 Å². The first kappa shape index (κ1) is 14.5. The lowest BCUT2D eigenvalue weighted by Gasteiger charge is -2.14. The Morgan fingerprint density at radius 3 is 2.60 bits per heavy atom. The number of hydrogen-bond acceptors (Lipinski definition) is 3. The van der Waals surface area contributed by atoms with E-state index in [1.54, 1.807) is 6.92 Å². The highest BCUT2D eigenvalue weighted by Crippen LogP contribution is 2.18. The summed E-state index contributed by atoms with van der Waals surface area (Å²) in [6, 6.07) is 9.38. The summed E-state index contributed by atoms with van der Waals surface area (Å²) in [7, 11) is 0. The smallest absolute Gasteiger partial charge is 0.241 e. The van der Waals surface area contributed by atoms with E-state index >= 15 is 0 Å². The van der Waals surface area contributed by atoms with E-state index in [-0.39, 0.29) is 17.9 Å². The number of rotatable bonds is 7. The summed E-state index contributed by atoms with van der Waals surface area (Å²) in [6.45, 7) is 2.29.